The van der Waals surface area contributed by atoms with Gasteiger partial charge in [0.2, 0.25) is 0 Å². The maximum Gasteiger partial charge on any atom is 0.338 e. The number of fused-ring (bicyclic) bond motifs is 1. The number of ether oxygens (including phenoxy) is 1. The molecule has 1 N–H and O–H groups in total. The minimum absolute atomic E-state index is 0.00713. The van der Waals surface area contributed by atoms with Gasteiger partial charge in [0.05, 0.1) is 24.3 Å². The molecule has 1 saturated heterocycles. The van der Waals surface area contributed by atoms with Crippen molar-refractivity contribution in [3.8, 4) is 0 Å². The van der Waals surface area contributed by atoms with Crippen molar-refractivity contribution >= 4 is 22.7 Å². The van der Waals surface area contributed by atoms with Crippen LogP contribution in [0, 0.1) is 13.8 Å². The number of aromatic carboxylic acids is 1. The summed E-state index contributed by atoms with van der Waals surface area (Å²) in [6, 6.07) is 8.47. The minimum Gasteiger partial charge on any atom is -0.478 e. The quantitative estimate of drug-likeness (QED) is 0.653. The van der Waals surface area contributed by atoms with Gasteiger partial charge in [0.25, 0.3) is 5.92 Å². The van der Waals surface area contributed by atoms with Gasteiger partial charge in [0.1, 0.15) is 11.3 Å². The lowest BCUT2D eigenvalue weighted by Crippen LogP contribution is -2.36. The highest BCUT2D eigenvalue weighted by Crippen LogP contribution is 2.33. The van der Waals surface area contributed by atoms with E-state index in [2.05, 4.69) is 9.88 Å². The Morgan fingerprint density at radius 3 is 2.58 bits per heavy atom. The van der Waals surface area contributed by atoms with Crippen LogP contribution < -0.4 is 4.90 Å². The summed E-state index contributed by atoms with van der Waals surface area (Å²) in [7, 11) is 0. The van der Waals surface area contributed by atoms with Crippen molar-refractivity contribution in [2.45, 2.75) is 33.2 Å². The van der Waals surface area contributed by atoms with E-state index in [1.165, 1.54) is 6.07 Å². The molecule has 0 radical (unpaired) electrons. The average Bonchev–Trinajstić information content (AvgIpc) is 3.03. The largest absolute Gasteiger partial charge is 0.478 e. The van der Waals surface area contributed by atoms with Gasteiger partial charge < -0.3 is 19.3 Å². The Morgan fingerprint density at radius 1 is 1.23 bits per heavy atom. The zero-order chi connectivity index (χ0) is 22.3. The molecule has 0 aliphatic carbocycles. The molecule has 6 nitrogen and oxygen atoms in total. The lowest BCUT2D eigenvalue weighted by Gasteiger charge is -2.29. The average molecular weight is 429 g/mol. The van der Waals surface area contributed by atoms with Gasteiger partial charge in [-0.15, -0.1) is 0 Å². The van der Waals surface area contributed by atoms with Crippen molar-refractivity contribution in [3.63, 3.8) is 0 Å². The lowest BCUT2D eigenvalue weighted by molar-refractivity contribution is 0.0167. The third-order valence-corrected chi connectivity index (χ3v) is 5.88. The van der Waals surface area contributed by atoms with Crippen molar-refractivity contribution in [1.29, 1.82) is 0 Å². The number of hydrogen-bond donors (Lipinski definition) is 1. The maximum absolute atomic E-state index is 14.0. The number of morpholine rings is 1. The first-order valence-corrected chi connectivity index (χ1v) is 10.2. The fourth-order valence-electron chi connectivity index (χ4n) is 4.19. The number of aromatic nitrogens is 2. The molecule has 1 fully saturated rings. The Hall–Kier alpha value is -3.00. The molecular formula is C23H25F2N3O3. The monoisotopic (exact) mass is 429 g/mol. The van der Waals surface area contributed by atoms with Crippen molar-refractivity contribution in [1.82, 2.24) is 9.55 Å². The molecule has 164 valence electrons. The van der Waals surface area contributed by atoms with E-state index in [4.69, 9.17) is 4.74 Å². The van der Waals surface area contributed by atoms with E-state index < -0.39 is 11.9 Å². The van der Waals surface area contributed by atoms with Gasteiger partial charge in [-0.1, -0.05) is 18.2 Å². The first-order chi connectivity index (χ1) is 14.7. The number of hydrogen-bond acceptors (Lipinski definition) is 4. The molecule has 4 rings (SSSR count). The first-order valence-electron chi connectivity index (χ1n) is 10.2. The Labute approximate surface area is 179 Å². The second-order valence-corrected chi connectivity index (χ2v) is 7.99. The van der Waals surface area contributed by atoms with E-state index in [1.54, 1.807) is 26.0 Å². The molecule has 1 aliphatic rings. The molecule has 0 saturated carbocycles. The van der Waals surface area contributed by atoms with Gasteiger partial charge >= 0.3 is 5.97 Å². The van der Waals surface area contributed by atoms with Crippen molar-refractivity contribution in [3.05, 3.63) is 58.4 Å². The fourth-order valence-corrected chi connectivity index (χ4v) is 4.19. The number of carboxylic acid groups (broad SMARTS) is 1. The van der Waals surface area contributed by atoms with Crippen molar-refractivity contribution in [2.24, 2.45) is 0 Å². The second kappa shape index (κ2) is 7.92. The molecule has 2 aromatic carbocycles. The van der Waals surface area contributed by atoms with Crippen LogP contribution in [0.25, 0.3) is 11.0 Å². The standard InChI is InChI=1S/C23H25F2N3O3/c1-14-16(5-4-6-19(14)23(3,24)25)13-28-15(2)26-21-18(22(29)30)11-17(12-20(21)28)27-7-9-31-10-8-27/h4-6,11-12H,7-10,13H2,1-3H3,(H,29,30). The molecule has 0 unspecified atom stereocenters. The maximum atomic E-state index is 14.0. The van der Waals surface area contributed by atoms with Crippen LogP contribution in [-0.2, 0) is 17.2 Å². The van der Waals surface area contributed by atoms with E-state index in [1.807, 2.05) is 16.7 Å². The van der Waals surface area contributed by atoms with Gasteiger partial charge in [-0.2, -0.15) is 0 Å². The molecule has 0 bridgehead atoms. The number of halogens is 2. The van der Waals surface area contributed by atoms with Crippen molar-refractivity contribution < 1.29 is 23.4 Å². The molecule has 2 heterocycles. The Bertz CT molecular complexity index is 1150. The number of anilines is 1. The van der Waals surface area contributed by atoms with Gasteiger partial charge in [-0.05, 0) is 37.1 Å². The molecule has 31 heavy (non-hydrogen) atoms. The Morgan fingerprint density at radius 2 is 1.94 bits per heavy atom. The first kappa shape index (κ1) is 21.2. The van der Waals surface area contributed by atoms with E-state index in [9.17, 15) is 18.7 Å². The summed E-state index contributed by atoms with van der Waals surface area (Å²) in [5, 5.41) is 9.79. The molecule has 1 aromatic heterocycles. The van der Waals surface area contributed by atoms with Crippen LogP contribution in [0.5, 0.6) is 0 Å². The molecule has 1 aliphatic heterocycles. The summed E-state index contributed by atoms with van der Waals surface area (Å²) in [4.78, 5) is 18.6. The highest BCUT2D eigenvalue weighted by Gasteiger charge is 2.27. The number of rotatable bonds is 5. The Balaban J connectivity index is 1.84. The van der Waals surface area contributed by atoms with Crippen LogP contribution in [-0.4, -0.2) is 46.9 Å². The minimum atomic E-state index is -2.94. The normalized spacial score (nSPS) is 14.9. The fraction of sp³-hybridized carbons (Fsp3) is 0.391. The van der Waals surface area contributed by atoms with Crippen LogP contribution in [0.15, 0.2) is 30.3 Å². The number of benzene rings is 2. The predicted octanol–water partition coefficient (Wildman–Crippen LogP) is 4.35. The van der Waals surface area contributed by atoms with Crippen molar-refractivity contribution in [2.75, 3.05) is 31.2 Å². The van der Waals surface area contributed by atoms with Gasteiger partial charge in [0.15, 0.2) is 0 Å². The van der Waals surface area contributed by atoms with Crippen LogP contribution in [0.3, 0.4) is 0 Å². The molecule has 8 heteroatoms. The SMILES string of the molecule is Cc1c(Cn2c(C)nc3c(C(=O)O)cc(N4CCOCC4)cc32)cccc1C(C)(F)F. The predicted molar refractivity (Wildman–Crippen MR) is 114 cm³/mol. The third-order valence-electron chi connectivity index (χ3n) is 5.88. The number of carbonyl (C=O) groups is 1. The van der Waals surface area contributed by atoms with E-state index >= 15 is 0 Å². The molecular weight excluding hydrogens is 404 g/mol. The van der Waals surface area contributed by atoms with Gasteiger partial charge in [-0.3, -0.25) is 0 Å². The van der Waals surface area contributed by atoms with Crippen LogP contribution >= 0.6 is 0 Å². The number of imidazole rings is 1. The Kier molecular flexibility index (Phi) is 5.43. The van der Waals surface area contributed by atoms with Crippen LogP contribution in [0.1, 0.15) is 39.8 Å². The number of carboxylic acids is 1. The zero-order valence-corrected chi connectivity index (χ0v) is 17.8. The summed E-state index contributed by atoms with van der Waals surface area (Å²) >= 11 is 0. The molecule has 0 amide bonds. The summed E-state index contributed by atoms with van der Waals surface area (Å²) in [5.41, 5.74) is 3.26. The van der Waals surface area contributed by atoms with E-state index in [-0.39, 0.29) is 11.1 Å². The highest BCUT2D eigenvalue weighted by atomic mass is 19.3. The molecule has 3 aromatic rings. The molecule has 0 spiro atoms. The number of nitrogens with zero attached hydrogens (tertiary/aromatic N) is 3. The summed E-state index contributed by atoms with van der Waals surface area (Å²) < 4.78 is 35.3. The third kappa shape index (κ3) is 3.99. The summed E-state index contributed by atoms with van der Waals surface area (Å²) in [6.07, 6.45) is 0. The number of aryl methyl sites for hydroxylation is 1. The van der Waals surface area contributed by atoms with Gasteiger partial charge in [0, 0.05) is 37.8 Å². The zero-order valence-electron chi connectivity index (χ0n) is 17.8. The van der Waals surface area contributed by atoms with Crippen LogP contribution in [0.4, 0.5) is 14.5 Å². The number of alkyl halides is 2. The van der Waals surface area contributed by atoms with Gasteiger partial charge in [-0.25, -0.2) is 18.6 Å². The topological polar surface area (TPSA) is 67.6 Å². The van der Waals surface area contributed by atoms with E-state index in [0.717, 1.165) is 18.2 Å². The van der Waals surface area contributed by atoms with E-state index in [0.29, 0.717) is 55.3 Å². The van der Waals surface area contributed by atoms with Crippen LogP contribution in [0.2, 0.25) is 0 Å². The summed E-state index contributed by atoms with van der Waals surface area (Å²) in [6.45, 7) is 7.21. The second-order valence-electron chi connectivity index (χ2n) is 7.99. The summed E-state index contributed by atoms with van der Waals surface area (Å²) in [5.74, 6) is -3.36. The lowest BCUT2D eigenvalue weighted by atomic mass is 9.98. The molecule has 0 atom stereocenters. The smallest absolute Gasteiger partial charge is 0.338 e. The highest BCUT2D eigenvalue weighted by molar-refractivity contribution is 6.03.